The summed E-state index contributed by atoms with van der Waals surface area (Å²) in [4.78, 5) is 27.6. The number of thioether (sulfide) groups is 1. The number of nitrogens with zero attached hydrogens (tertiary/aromatic N) is 1. The Morgan fingerprint density at radius 2 is 1.81 bits per heavy atom. The fourth-order valence-corrected chi connectivity index (χ4v) is 5.10. The Kier molecular flexibility index (Phi) is 7.76. The molecule has 0 bridgehead atoms. The van der Waals surface area contributed by atoms with Crippen molar-refractivity contribution in [2.24, 2.45) is 0 Å². The van der Waals surface area contributed by atoms with Crippen LogP contribution < -0.4 is 19.7 Å². The highest BCUT2D eigenvalue weighted by atomic mass is 32.2. The molecule has 4 rings (SSSR count). The second-order valence-corrected chi connectivity index (χ2v) is 10.0. The average Bonchev–Trinajstić information content (AvgIpc) is 3.12. The molecule has 0 atom stereocenters. The molecular formula is C28H26N2O4S2. The number of para-hydroxylation sites is 1. The summed E-state index contributed by atoms with van der Waals surface area (Å²) in [5.41, 5.74) is 5.37. The number of ether oxygens (including phenoxy) is 2. The van der Waals surface area contributed by atoms with Gasteiger partial charge in [0.15, 0.2) is 22.4 Å². The minimum atomic E-state index is -0.273. The number of aryl methyl sites for hydroxylation is 3. The minimum absolute atomic E-state index is 0.163. The van der Waals surface area contributed by atoms with Crippen LogP contribution in [0.2, 0.25) is 0 Å². The Hall–Kier alpha value is -3.62. The lowest BCUT2D eigenvalue weighted by Crippen LogP contribution is -2.28. The first-order chi connectivity index (χ1) is 17.3. The average molecular weight is 519 g/mol. The van der Waals surface area contributed by atoms with Gasteiger partial charge in [-0.1, -0.05) is 65.9 Å². The van der Waals surface area contributed by atoms with Crippen LogP contribution in [0, 0.1) is 20.8 Å². The molecule has 0 aromatic heterocycles. The number of hydrogen-bond donors (Lipinski definition) is 1. The van der Waals surface area contributed by atoms with Gasteiger partial charge in [0.25, 0.3) is 11.8 Å². The van der Waals surface area contributed by atoms with Gasteiger partial charge in [-0.2, -0.15) is 0 Å². The van der Waals surface area contributed by atoms with Crippen molar-refractivity contribution in [1.29, 1.82) is 0 Å². The molecule has 0 radical (unpaired) electrons. The van der Waals surface area contributed by atoms with Gasteiger partial charge < -0.3 is 14.8 Å². The predicted octanol–water partition coefficient (Wildman–Crippen LogP) is 6.04. The standard InChI is InChI=1S/C28H26N2O4S2/c1-17-9-11-22(19(3)13-17)30-27(32)25(36-28(30)35)15-20-10-12-23(24(14-20)33-4)34-16-26(31)29-21-8-6-5-7-18(21)2/h5-15H,16H2,1-4H3,(H,29,31)/b25-15-. The second kappa shape index (κ2) is 11.0. The van der Waals surface area contributed by atoms with Crippen molar-refractivity contribution in [2.45, 2.75) is 20.8 Å². The van der Waals surface area contributed by atoms with Crippen LogP contribution in [0.5, 0.6) is 11.5 Å². The topological polar surface area (TPSA) is 67.9 Å². The number of rotatable bonds is 7. The Labute approximate surface area is 220 Å². The molecule has 6 nitrogen and oxygen atoms in total. The van der Waals surface area contributed by atoms with Gasteiger partial charge in [-0.15, -0.1) is 0 Å². The van der Waals surface area contributed by atoms with E-state index in [4.69, 9.17) is 21.7 Å². The van der Waals surface area contributed by atoms with Crippen molar-refractivity contribution in [3.05, 3.63) is 87.8 Å². The molecule has 1 aliphatic rings. The minimum Gasteiger partial charge on any atom is -0.493 e. The van der Waals surface area contributed by atoms with Gasteiger partial charge in [-0.25, -0.2) is 0 Å². The van der Waals surface area contributed by atoms with Gasteiger partial charge in [0, 0.05) is 5.69 Å². The number of carbonyl (C=O) groups is 2. The molecule has 0 saturated carbocycles. The van der Waals surface area contributed by atoms with Crippen LogP contribution in [-0.4, -0.2) is 29.9 Å². The van der Waals surface area contributed by atoms with Gasteiger partial charge in [-0.05, 0) is 67.8 Å². The van der Waals surface area contributed by atoms with Crippen molar-refractivity contribution in [3.8, 4) is 11.5 Å². The van der Waals surface area contributed by atoms with E-state index in [0.29, 0.717) is 20.7 Å². The van der Waals surface area contributed by atoms with Gasteiger partial charge >= 0.3 is 0 Å². The summed E-state index contributed by atoms with van der Waals surface area (Å²) < 4.78 is 11.7. The zero-order valence-corrected chi connectivity index (χ0v) is 22.1. The molecule has 1 aliphatic heterocycles. The first-order valence-corrected chi connectivity index (χ1v) is 12.5. The number of amides is 2. The lowest BCUT2D eigenvalue weighted by Gasteiger charge is -2.17. The molecule has 2 amide bonds. The third kappa shape index (κ3) is 5.61. The van der Waals surface area contributed by atoms with E-state index in [1.54, 1.807) is 29.2 Å². The van der Waals surface area contributed by atoms with Crippen molar-refractivity contribution >= 4 is 57.6 Å². The molecule has 1 saturated heterocycles. The Morgan fingerprint density at radius 3 is 2.53 bits per heavy atom. The monoisotopic (exact) mass is 518 g/mol. The van der Waals surface area contributed by atoms with E-state index in [0.717, 1.165) is 33.6 Å². The van der Waals surface area contributed by atoms with E-state index in [2.05, 4.69) is 5.32 Å². The summed E-state index contributed by atoms with van der Waals surface area (Å²) in [6.07, 6.45) is 1.78. The fourth-order valence-electron chi connectivity index (χ4n) is 3.82. The van der Waals surface area contributed by atoms with E-state index in [1.165, 1.54) is 18.9 Å². The molecule has 3 aromatic carbocycles. The number of benzene rings is 3. The van der Waals surface area contributed by atoms with Crippen molar-refractivity contribution in [2.75, 3.05) is 23.9 Å². The van der Waals surface area contributed by atoms with Crippen LogP contribution in [-0.2, 0) is 9.59 Å². The number of methoxy groups -OCH3 is 1. The maximum atomic E-state index is 13.2. The van der Waals surface area contributed by atoms with E-state index >= 15 is 0 Å². The smallest absolute Gasteiger partial charge is 0.270 e. The number of carbonyl (C=O) groups excluding carboxylic acids is 2. The fraction of sp³-hybridized carbons (Fsp3) is 0.179. The zero-order chi connectivity index (χ0) is 25.8. The lowest BCUT2D eigenvalue weighted by molar-refractivity contribution is -0.118. The van der Waals surface area contributed by atoms with Crippen molar-refractivity contribution < 1.29 is 19.1 Å². The molecule has 0 aliphatic carbocycles. The molecule has 0 unspecified atom stereocenters. The Bertz CT molecular complexity index is 1380. The molecule has 8 heteroatoms. The number of nitrogens with one attached hydrogen (secondary N) is 1. The molecule has 1 N–H and O–H groups in total. The maximum Gasteiger partial charge on any atom is 0.270 e. The van der Waals surface area contributed by atoms with Crippen molar-refractivity contribution in [1.82, 2.24) is 0 Å². The Morgan fingerprint density at radius 1 is 1.03 bits per heavy atom. The normalized spacial score (nSPS) is 14.3. The third-order valence-electron chi connectivity index (χ3n) is 5.65. The molecular weight excluding hydrogens is 492 g/mol. The third-order valence-corrected chi connectivity index (χ3v) is 6.95. The van der Waals surface area contributed by atoms with E-state index in [-0.39, 0.29) is 18.4 Å². The van der Waals surface area contributed by atoms with E-state index in [9.17, 15) is 9.59 Å². The van der Waals surface area contributed by atoms with Gasteiger partial charge in [0.1, 0.15) is 0 Å². The summed E-state index contributed by atoms with van der Waals surface area (Å²) in [6, 6.07) is 18.7. The Balaban J connectivity index is 1.47. The number of thiocarbonyl (C=S) groups is 1. The zero-order valence-electron chi connectivity index (χ0n) is 20.5. The summed E-state index contributed by atoms with van der Waals surface area (Å²) >= 11 is 6.78. The second-order valence-electron chi connectivity index (χ2n) is 8.37. The van der Waals surface area contributed by atoms with Gasteiger partial charge in [-0.3, -0.25) is 14.5 Å². The highest BCUT2D eigenvalue weighted by Crippen LogP contribution is 2.38. The quantitative estimate of drug-likeness (QED) is 0.304. The van der Waals surface area contributed by atoms with Crippen LogP contribution >= 0.6 is 24.0 Å². The van der Waals surface area contributed by atoms with Crippen LogP contribution in [0.3, 0.4) is 0 Å². The molecule has 0 spiro atoms. The van der Waals surface area contributed by atoms with Crippen LogP contribution in [0.25, 0.3) is 6.08 Å². The van der Waals surface area contributed by atoms with Crippen LogP contribution in [0.4, 0.5) is 11.4 Å². The number of hydrogen-bond acceptors (Lipinski definition) is 6. The summed E-state index contributed by atoms with van der Waals surface area (Å²) in [6.45, 7) is 5.74. The van der Waals surface area contributed by atoms with E-state index < -0.39 is 0 Å². The van der Waals surface area contributed by atoms with Crippen LogP contribution in [0.15, 0.2) is 65.6 Å². The maximum absolute atomic E-state index is 13.2. The largest absolute Gasteiger partial charge is 0.493 e. The molecule has 36 heavy (non-hydrogen) atoms. The lowest BCUT2D eigenvalue weighted by atomic mass is 10.1. The summed E-state index contributed by atoms with van der Waals surface area (Å²) in [7, 11) is 1.53. The van der Waals surface area contributed by atoms with Gasteiger partial charge in [0.05, 0.1) is 17.7 Å². The van der Waals surface area contributed by atoms with Gasteiger partial charge in [0.2, 0.25) is 0 Å². The number of anilines is 2. The van der Waals surface area contributed by atoms with Crippen LogP contribution in [0.1, 0.15) is 22.3 Å². The highest BCUT2D eigenvalue weighted by Gasteiger charge is 2.34. The molecule has 184 valence electrons. The van der Waals surface area contributed by atoms with E-state index in [1.807, 2.05) is 63.2 Å². The molecule has 1 fully saturated rings. The molecule has 1 heterocycles. The summed E-state index contributed by atoms with van der Waals surface area (Å²) in [5.74, 6) is 0.448. The first-order valence-electron chi connectivity index (χ1n) is 11.3. The highest BCUT2D eigenvalue weighted by molar-refractivity contribution is 8.27. The van der Waals surface area contributed by atoms with Crippen molar-refractivity contribution in [3.63, 3.8) is 0 Å². The molecule has 3 aromatic rings. The first kappa shape index (κ1) is 25.5. The SMILES string of the molecule is COc1cc(/C=C2\SC(=S)N(c3ccc(C)cc3C)C2=O)ccc1OCC(=O)Nc1ccccc1C. The predicted molar refractivity (Wildman–Crippen MR) is 150 cm³/mol. The summed E-state index contributed by atoms with van der Waals surface area (Å²) in [5, 5.41) is 2.84.